The maximum absolute atomic E-state index is 12.6. The molecule has 1 N–H and O–H groups in total. The lowest BCUT2D eigenvalue weighted by molar-refractivity contribution is 0.172. The van der Waals surface area contributed by atoms with Crippen LogP contribution in [-0.4, -0.2) is 56.4 Å². The Morgan fingerprint density at radius 1 is 1.00 bits per heavy atom. The van der Waals surface area contributed by atoms with Crippen molar-refractivity contribution in [3.8, 4) is 0 Å². The predicted molar refractivity (Wildman–Crippen MR) is 108 cm³/mol. The topological polar surface area (TPSA) is 69.7 Å². The van der Waals surface area contributed by atoms with Gasteiger partial charge in [-0.3, -0.25) is 0 Å². The minimum atomic E-state index is -3.50. The number of nitrogens with zero attached hydrogens (tertiary/aromatic N) is 2. The summed E-state index contributed by atoms with van der Waals surface area (Å²) in [6, 6.07) is 16.2. The maximum atomic E-state index is 12.6. The fourth-order valence-corrected chi connectivity index (χ4v) is 4.88. The first-order chi connectivity index (χ1) is 13.0. The van der Waals surface area contributed by atoms with Crippen LogP contribution in [0.3, 0.4) is 0 Å². The van der Waals surface area contributed by atoms with Crippen molar-refractivity contribution in [3.05, 3.63) is 64.6 Å². The highest BCUT2D eigenvalue weighted by molar-refractivity contribution is 9.10. The number of piperazine rings is 1. The number of nitrogens with one attached hydrogen (secondary N) is 1. The van der Waals surface area contributed by atoms with E-state index in [0.29, 0.717) is 32.7 Å². The molecular weight excluding hydrogens is 430 g/mol. The van der Waals surface area contributed by atoms with Gasteiger partial charge in [-0.15, -0.1) is 0 Å². The van der Waals surface area contributed by atoms with Gasteiger partial charge in [0.1, 0.15) is 0 Å². The summed E-state index contributed by atoms with van der Waals surface area (Å²) in [5.74, 6) is 0. The predicted octanol–water partition coefficient (Wildman–Crippen LogP) is 2.71. The molecule has 27 heavy (non-hydrogen) atoms. The molecule has 1 aliphatic rings. The minimum Gasteiger partial charge on any atom is -0.338 e. The zero-order valence-corrected chi connectivity index (χ0v) is 17.2. The summed E-state index contributed by atoms with van der Waals surface area (Å²) in [7, 11) is -3.50. The third kappa shape index (κ3) is 5.09. The van der Waals surface area contributed by atoms with E-state index in [0.717, 1.165) is 16.5 Å². The van der Waals surface area contributed by atoms with E-state index in [-0.39, 0.29) is 10.9 Å². The van der Waals surface area contributed by atoms with Crippen LogP contribution in [0.1, 0.15) is 5.56 Å². The fraction of sp³-hybridized carbons (Fsp3) is 0.316. The van der Waals surface area contributed by atoms with Crippen LogP contribution in [0.5, 0.6) is 0 Å². The Bertz CT molecular complexity index is 882. The highest BCUT2D eigenvalue weighted by atomic mass is 79.9. The first-order valence-corrected chi connectivity index (χ1v) is 11.0. The van der Waals surface area contributed by atoms with E-state index in [2.05, 4.69) is 21.2 Å². The number of hydrogen-bond acceptors (Lipinski definition) is 3. The summed E-state index contributed by atoms with van der Waals surface area (Å²) in [4.78, 5) is 14.3. The molecule has 0 saturated carbocycles. The number of rotatable bonds is 5. The van der Waals surface area contributed by atoms with Gasteiger partial charge in [-0.25, -0.2) is 13.2 Å². The van der Waals surface area contributed by atoms with E-state index in [1.165, 1.54) is 4.31 Å². The number of carbonyl (C=O) groups is 1. The van der Waals surface area contributed by atoms with Crippen molar-refractivity contribution in [2.75, 3.05) is 32.7 Å². The average Bonchev–Trinajstić information content (AvgIpc) is 2.69. The van der Waals surface area contributed by atoms with Gasteiger partial charge >= 0.3 is 6.03 Å². The van der Waals surface area contributed by atoms with Gasteiger partial charge in [-0.2, -0.15) is 4.31 Å². The second-order valence-corrected chi connectivity index (χ2v) is 9.17. The Morgan fingerprint density at radius 3 is 2.37 bits per heavy atom. The van der Waals surface area contributed by atoms with Gasteiger partial charge in [-0.1, -0.05) is 46.3 Å². The van der Waals surface area contributed by atoms with Crippen LogP contribution in [0.4, 0.5) is 4.79 Å². The summed E-state index contributed by atoms with van der Waals surface area (Å²) in [5.41, 5.74) is 1.14. The van der Waals surface area contributed by atoms with Crippen LogP contribution in [-0.2, 0) is 16.4 Å². The summed E-state index contributed by atoms with van der Waals surface area (Å²) in [6.45, 7) is 1.91. The second kappa shape index (κ2) is 8.86. The first kappa shape index (κ1) is 19.9. The Kier molecular flexibility index (Phi) is 6.51. The van der Waals surface area contributed by atoms with E-state index >= 15 is 0 Å². The molecule has 2 aromatic carbocycles. The average molecular weight is 452 g/mol. The monoisotopic (exact) mass is 451 g/mol. The zero-order chi connectivity index (χ0) is 19.3. The molecule has 8 heteroatoms. The molecule has 0 atom stereocenters. The lowest BCUT2D eigenvalue weighted by atomic mass is 10.1. The Balaban J connectivity index is 1.48. The molecular formula is C19H22BrN3O3S. The summed E-state index contributed by atoms with van der Waals surface area (Å²) < 4.78 is 27.7. The van der Waals surface area contributed by atoms with Gasteiger partial charge in [0.05, 0.1) is 4.90 Å². The largest absolute Gasteiger partial charge is 0.338 e. The van der Waals surface area contributed by atoms with Crippen molar-refractivity contribution >= 4 is 32.0 Å². The highest BCUT2D eigenvalue weighted by Crippen LogP contribution is 2.17. The quantitative estimate of drug-likeness (QED) is 0.759. The van der Waals surface area contributed by atoms with E-state index < -0.39 is 10.0 Å². The van der Waals surface area contributed by atoms with Crippen molar-refractivity contribution in [1.29, 1.82) is 0 Å². The molecule has 0 aliphatic carbocycles. The van der Waals surface area contributed by atoms with Crippen molar-refractivity contribution in [1.82, 2.24) is 14.5 Å². The van der Waals surface area contributed by atoms with Crippen LogP contribution in [0.2, 0.25) is 0 Å². The molecule has 0 radical (unpaired) electrons. The number of amides is 2. The SMILES string of the molecule is O=C(NCCc1cccc(Br)c1)N1CCN(S(=O)(=O)c2ccccc2)CC1. The number of hydrogen-bond donors (Lipinski definition) is 1. The third-order valence-electron chi connectivity index (χ3n) is 4.49. The zero-order valence-electron chi connectivity index (χ0n) is 14.8. The van der Waals surface area contributed by atoms with Crippen LogP contribution >= 0.6 is 15.9 Å². The molecule has 0 bridgehead atoms. The highest BCUT2D eigenvalue weighted by Gasteiger charge is 2.29. The van der Waals surface area contributed by atoms with Gasteiger partial charge in [0.15, 0.2) is 0 Å². The van der Waals surface area contributed by atoms with Crippen molar-refractivity contribution < 1.29 is 13.2 Å². The Labute approximate surface area is 168 Å². The van der Waals surface area contributed by atoms with Gasteiger partial charge < -0.3 is 10.2 Å². The number of sulfonamides is 1. The number of carbonyl (C=O) groups excluding carboxylic acids is 1. The summed E-state index contributed by atoms with van der Waals surface area (Å²) in [6.07, 6.45) is 0.744. The molecule has 1 fully saturated rings. The molecule has 3 rings (SSSR count). The van der Waals surface area contributed by atoms with Crippen LogP contribution in [0.25, 0.3) is 0 Å². The Hall–Kier alpha value is -1.90. The molecule has 0 aromatic heterocycles. The van der Waals surface area contributed by atoms with Crippen LogP contribution in [0.15, 0.2) is 64.0 Å². The molecule has 6 nitrogen and oxygen atoms in total. The van der Waals surface area contributed by atoms with Gasteiger partial charge in [-0.05, 0) is 36.2 Å². The molecule has 1 saturated heterocycles. The lowest BCUT2D eigenvalue weighted by Gasteiger charge is -2.34. The van der Waals surface area contributed by atoms with Crippen molar-refractivity contribution in [3.63, 3.8) is 0 Å². The summed E-state index contributed by atoms with van der Waals surface area (Å²) in [5, 5.41) is 2.91. The smallest absolute Gasteiger partial charge is 0.317 e. The van der Waals surface area contributed by atoms with E-state index in [4.69, 9.17) is 0 Å². The fourth-order valence-electron chi connectivity index (χ4n) is 2.99. The molecule has 0 unspecified atom stereocenters. The van der Waals surface area contributed by atoms with Crippen LogP contribution < -0.4 is 5.32 Å². The van der Waals surface area contributed by atoms with E-state index in [1.807, 2.05) is 24.3 Å². The number of halogens is 1. The molecule has 144 valence electrons. The van der Waals surface area contributed by atoms with Gasteiger partial charge in [0, 0.05) is 37.2 Å². The normalized spacial score (nSPS) is 15.5. The van der Waals surface area contributed by atoms with Crippen LogP contribution in [0, 0.1) is 0 Å². The minimum absolute atomic E-state index is 0.151. The number of urea groups is 1. The Morgan fingerprint density at radius 2 is 1.70 bits per heavy atom. The molecule has 2 aromatic rings. The number of benzene rings is 2. The van der Waals surface area contributed by atoms with Gasteiger partial charge in [0.25, 0.3) is 0 Å². The van der Waals surface area contributed by atoms with Crippen molar-refractivity contribution in [2.24, 2.45) is 0 Å². The lowest BCUT2D eigenvalue weighted by Crippen LogP contribution is -2.53. The molecule has 1 heterocycles. The summed E-state index contributed by atoms with van der Waals surface area (Å²) >= 11 is 3.43. The molecule has 1 aliphatic heterocycles. The van der Waals surface area contributed by atoms with E-state index in [1.54, 1.807) is 35.2 Å². The maximum Gasteiger partial charge on any atom is 0.317 e. The molecule has 2 amide bonds. The third-order valence-corrected chi connectivity index (χ3v) is 6.89. The standard InChI is InChI=1S/C19H22BrN3O3S/c20-17-6-4-5-16(15-17)9-10-21-19(24)22-11-13-23(14-12-22)27(25,26)18-7-2-1-3-8-18/h1-8,15H,9-14H2,(H,21,24). The second-order valence-electron chi connectivity index (χ2n) is 6.32. The van der Waals surface area contributed by atoms with Crippen molar-refractivity contribution in [2.45, 2.75) is 11.3 Å². The van der Waals surface area contributed by atoms with Gasteiger partial charge in [0.2, 0.25) is 10.0 Å². The molecule has 0 spiro atoms. The van der Waals surface area contributed by atoms with E-state index in [9.17, 15) is 13.2 Å². The first-order valence-electron chi connectivity index (χ1n) is 8.79.